The zero-order chi connectivity index (χ0) is 15.1. The van der Waals surface area contributed by atoms with Crippen molar-refractivity contribution in [3.8, 4) is 0 Å². The smallest absolute Gasteiger partial charge is 0.328 e. The van der Waals surface area contributed by atoms with E-state index in [9.17, 15) is 14.4 Å². The molecule has 2 atom stereocenters. The summed E-state index contributed by atoms with van der Waals surface area (Å²) in [4.78, 5) is 35.8. The first-order chi connectivity index (χ1) is 9.47. The number of carbonyl (C=O) groups excluding carboxylic acids is 2. The Morgan fingerprint density at radius 1 is 1.40 bits per heavy atom. The van der Waals surface area contributed by atoms with Gasteiger partial charge in [0.2, 0.25) is 0 Å². The van der Waals surface area contributed by atoms with Crippen LogP contribution in [0.5, 0.6) is 0 Å². The molecule has 0 aromatic heterocycles. The minimum atomic E-state index is -0.885. The molecule has 0 spiro atoms. The van der Waals surface area contributed by atoms with Crippen LogP contribution in [0.2, 0.25) is 0 Å². The van der Waals surface area contributed by atoms with Crippen molar-refractivity contribution in [2.75, 3.05) is 20.2 Å². The minimum Gasteiger partial charge on any atom is -0.481 e. The highest BCUT2D eigenvalue weighted by atomic mass is 16.5. The van der Waals surface area contributed by atoms with Gasteiger partial charge in [0.15, 0.2) is 0 Å². The van der Waals surface area contributed by atoms with E-state index in [0.29, 0.717) is 19.4 Å². The molecular formula is C13H22N2O5. The van der Waals surface area contributed by atoms with Gasteiger partial charge in [-0.15, -0.1) is 0 Å². The fraction of sp³-hybridized carbons (Fsp3) is 0.769. The number of esters is 1. The summed E-state index contributed by atoms with van der Waals surface area (Å²) in [5, 5.41) is 11.4. The van der Waals surface area contributed by atoms with Crippen molar-refractivity contribution in [1.82, 2.24) is 10.2 Å². The lowest BCUT2D eigenvalue weighted by Crippen LogP contribution is -2.52. The second-order valence-corrected chi connectivity index (χ2v) is 4.99. The van der Waals surface area contributed by atoms with Crippen molar-refractivity contribution in [3.63, 3.8) is 0 Å². The maximum atomic E-state index is 12.0. The average molecular weight is 286 g/mol. The van der Waals surface area contributed by atoms with Gasteiger partial charge in [-0.3, -0.25) is 4.79 Å². The maximum Gasteiger partial charge on any atom is 0.328 e. The van der Waals surface area contributed by atoms with Crippen LogP contribution < -0.4 is 5.32 Å². The third kappa shape index (κ3) is 4.40. The molecule has 114 valence electrons. The van der Waals surface area contributed by atoms with E-state index >= 15 is 0 Å². The van der Waals surface area contributed by atoms with Crippen molar-refractivity contribution >= 4 is 18.0 Å². The Hall–Kier alpha value is -1.79. The van der Waals surface area contributed by atoms with Crippen LogP contribution in [0, 0.1) is 5.92 Å². The Labute approximate surface area is 118 Å². The number of methoxy groups -OCH3 is 1. The van der Waals surface area contributed by atoms with E-state index in [1.54, 1.807) is 6.92 Å². The van der Waals surface area contributed by atoms with Crippen LogP contribution in [0.4, 0.5) is 4.79 Å². The summed E-state index contributed by atoms with van der Waals surface area (Å²) in [6.45, 7) is 2.38. The first-order valence-electron chi connectivity index (χ1n) is 6.82. The third-order valence-electron chi connectivity index (χ3n) is 3.51. The fourth-order valence-electron chi connectivity index (χ4n) is 2.18. The number of rotatable bonds is 5. The van der Waals surface area contributed by atoms with Crippen LogP contribution in [-0.4, -0.2) is 54.2 Å². The van der Waals surface area contributed by atoms with Gasteiger partial charge in [0.1, 0.15) is 6.04 Å². The number of hydrogen-bond acceptors (Lipinski definition) is 4. The molecule has 7 heteroatoms. The first-order valence-corrected chi connectivity index (χ1v) is 6.82. The molecule has 1 heterocycles. The third-order valence-corrected chi connectivity index (χ3v) is 3.51. The lowest BCUT2D eigenvalue weighted by atomic mass is 10.0. The van der Waals surface area contributed by atoms with Gasteiger partial charge in [-0.25, -0.2) is 9.59 Å². The number of aliphatic carboxylic acids is 1. The molecule has 1 aliphatic heterocycles. The molecule has 1 fully saturated rings. The van der Waals surface area contributed by atoms with E-state index < -0.39 is 23.9 Å². The number of ether oxygens (including phenoxy) is 1. The molecule has 0 aromatic rings. The predicted molar refractivity (Wildman–Crippen MR) is 71.2 cm³/mol. The monoisotopic (exact) mass is 286 g/mol. The largest absolute Gasteiger partial charge is 0.481 e. The van der Waals surface area contributed by atoms with Crippen molar-refractivity contribution in [2.24, 2.45) is 5.92 Å². The summed E-state index contributed by atoms with van der Waals surface area (Å²) in [5.74, 6) is -1.79. The normalized spacial score (nSPS) is 20.1. The number of piperidine rings is 1. The molecule has 0 bridgehead atoms. The molecule has 2 amide bonds. The molecule has 2 unspecified atom stereocenters. The van der Waals surface area contributed by atoms with Crippen LogP contribution in [-0.2, 0) is 14.3 Å². The van der Waals surface area contributed by atoms with Crippen LogP contribution in [0.15, 0.2) is 0 Å². The lowest BCUT2D eigenvalue weighted by molar-refractivity contribution is -0.147. The molecule has 0 radical (unpaired) electrons. The number of likely N-dealkylation sites (tertiary alicyclic amines) is 1. The molecule has 1 rings (SSSR count). The van der Waals surface area contributed by atoms with Gasteiger partial charge in [-0.05, 0) is 25.7 Å². The topological polar surface area (TPSA) is 95.9 Å². The van der Waals surface area contributed by atoms with E-state index in [-0.39, 0.29) is 12.6 Å². The van der Waals surface area contributed by atoms with Crippen molar-refractivity contribution in [3.05, 3.63) is 0 Å². The van der Waals surface area contributed by atoms with Crippen molar-refractivity contribution in [2.45, 2.75) is 38.6 Å². The van der Waals surface area contributed by atoms with Crippen LogP contribution in [0.25, 0.3) is 0 Å². The van der Waals surface area contributed by atoms with Gasteiger partial charge in [-0.2, -0.15) is 0 Å². The number of nitrogens with one attached hydrogen (secondary N) is 1. The van der Waals surface area contributed by atoms with Gasteiger partial charge in [0, 0.05) is 13.1 Å². The van der Waals surface area contributed by atoms with E-state index in [0.717, 1.165) is 12.8 Å². The highest BCUT2D eigenvalue weighted by molar-refractivity contribution is 5.83. The minimum absolute atomic E-state index is 0.274. The van der Waals surface area contributed by atoms with E-state index in [2.05, 4.69) is 5.32 Å². The Bertz CT molecular complexity index is 372. The van der Waals surface area contributed by atoms with Gasteiger partial charge < -0.3 is 20.1 Å². The lowest BCUT2D eigenvalue weighted by Gasteiger charge is -2.33. The van der Waals surface area contributed by atoms with Crippen LogP contribution in [0.1, 0.15) is 32.6 Å². The summed E-state index contributed by atoms with van der Waals surface area (Å²) >= 11 is 0. The number of nitrogens with zero attached hydrogens (tertiary/aromatic N) is 1. The standard InChI is InChI=1S/C13H22N2O5/c1-9(11(16)17)6-7-14-13(19)15-8-4-3-5-10(15)12(18)20-2/h9-10H,3-8H2,1-2H3,(H,14,19)(H,16,17). The molecule has 0 aromatic carbocycles. The average Bonchev–Trinajstić information content (AvgIpc) is 2.45. The number of hydrogen-bond donors (Lipinski definition) is 2. The number of carbonyl (C=O) groups is 3. The molecule has 0 aliphatic carbocycles. The molecule has 0 saturated carbocycles. The highest BCUT2D eigenvalue weighted by Gasteiger charge is 2.32. The zero-order valence-corrected chi connectivity index (χ0v) is 11.9. The Kier molecular flexibility index (Phi) is 6.27. The van der Waals surface area contributed by atoms with E-state index in [1.807, 2.05) is 0 Å². The predicted octanol–water partition coefficient (Wildman–Crippen LogP) is 0.834. The summed E-state index contributed by atoms with van der Waals surface area (Å²) in [6.07, 6.45) is 2.70. The van der Waals surface area contributed by atoms with E-state index in [4.69, 9.17) is 9.84 Å². The zero-order valence-electron chi connectivity index (χ0n) is 11.9. The molecule has 20 heavy (non-hydrogen) atoms. The molecule has 1 aliphatic rings. The summed E-state index contributed by atoms with van der Waals surface area (Å²) < 4.78 is 4.71. The number of carboxylic acids is 1. The second kappa shape index (κ2) is 7.72. The van der Waals surface area contributed by atoms with Gasteiger partial charge in [-0.1, -0.05) is 6.92 Å². The van der Waals surface area contributed by atoms with E-state index in [1.165, 1.54) is 12.0 Å². The molecule has 2 N–H and O–H groups in total. The summed E-state index contributed by atoms with van der Waals surface area (Å²) in [7, 11) is 1.31. The van der Waals surface area contributed by atoms with Gasteiger partial charge in [0.05, 0.1) is 13.0 Å². The number of carboxylic acid groups (broad SMARTS) is 1. The Morgan fingerprint density at radius 3 is 2.70 bits per heavy atom. The highest BCUT2D eigenvalue weighted by Crippen LogP contribution is 2.18. The quantitative estimate of drug-likeness (QED) is 0.730. The SMILES string of the molecule is COC(=O)C1CCCCN1C(=O)NCCC(C)C(=O)O. The maximum absolute atomic E-state index is 12.0. The van der Waals surface area contributed by atoms with Crippen LogP contribution >= 0.6 is 0 Å². The fourth-order valence-corrected chi connectivity index (χ4v) is 2.18. The van der Waals surface area contributed by atoms with Gasteiger partial charge >= 0.3 is 18.0 Å². The second-order valence-electron chi connectivity index (χ2n) is 4.99. The Morgan fingerprint density at radius 2 is 2.10 bits per heavy atom. The first kappa shape index (κ1) is 16.3. The van der Waals surface area contributed by atoms with Gasteiger partial charge in [0.25, 0.3) is 0 Å². The molecule has 1 saturated heterocycles. The van der Waals surface area contributed by atoms with Crippen molar-refractivity contribution in [1.29, 1.82) is 0 Å². The van der Waals surface area contributed by atoms with Crippen molar-refractivity contribution < 1.29 is 24.2 Å². The molecule has 7 nitrogen and oxygen atoms in total. The number of amides is 2. The molecular weight excluding hydrogens is 264 g/mol. The van der Waals surface area contributed by atoms with Crippen LogP contribution in [0.3, 0.4) is 0 Å². The summed E-state index contributed by atoms with van der Waals surface area (Å²) in [6, 6.07) is -0.872. The summed E-state index contributed by atoms with van der Waals surface area (Å²) in [5.41, 5.74) is 0. The number of urea groups is 1. The Balaban J connectivity index is 2.47.